The van der Waals surface area contributed by atoms with Crippen LogP contribution in [0.15, 0.2) is 18.5 Å². The first-order valence-corrected chi connectivity index (χ1v) is 5.15. The maximum Gasteiger partial charge on any atom is 0.238 e. The molecule has 1 amide bonds. The van der Waals surface area contributed by atoms with Gasteiger partial charge < -0.3 is 10.6 Å². The fourth-order valence-electron chi connectivity index (χ4n) is 1.17. The van der Waals surface area contributed by atoms with Crippen LogP contribution in [-0.4, -0.2) is 24.0 Å². The highest BCUT2D eigenvalue weighted by atomic mass is 16.1. The lowest BCUT2D eigenvalue weighted by atomic mass is 10.2. The topological polar surface area (TPSA) is 54.0 Å². The van der Waals surface area contributed by atoms with Crippen molar-refractivity contribution in [1.29, 1.82) is 0 Å². The number of anilines is 1. The number of carbonyl (C=O) groups excluding carboxylic acids is 1. The van der Waals surface area contributed by atoms with E-state index in [1.54, 1.807) is 12.4 Å². The molecule has 4 nitrogen and oxygen atoms in total. The van der Waals surface area contributed by atoms with E-state index in [4.69, 9.17) is 0 Å². The summed E-state index contributed by atoms with van der Waals surface area (Å²) in [5.74, 6) is -0.0282. The average molecular weight is 207 g/mol. The number of rotatable bonds is 5. The molecule has 0 saturated heterocycles. The zero-order valence-corrected chi connectivity index (χ0v) is 9.21. The van der Waals surface area contributed by atoms with Crippen LogP contribution in [0.25, 0.3) is 0 Å². The van der Waals surface area contributed by atoms with Crippen LogP contribution < -0.4 is 10.6 Å². The van der Waals surface area contributed by atoms with E-state index in [-0.39, 0.29) is 5.91 Å². The van der Waals surface area contributed by atoms with Crippen molar-refractivity contribution in [2.75, 3.05) is 18.4 Å². The Kier molecular flexibility index (Phi) is 4.77. The fraction of sp³-hybridized carbons (Fsp3) is 0.455. The second-order valence-corrected chi connectivity index (χ2v) is 3.42. The number of pyridine rings is 1. The molecule has 0 aliphatic rings. The molecule has 0 fully saturated rings. The standard InChI is InChI=1S/C11H17N3O/c1-3-5-12-8-11(15)14-10-7-13-6-4-9(10)2/h4,6-7,12H,3,5,8H2,1-2H3,(H,14,15). The van der Waals surface area contributed by atoms with Crippen molar-refractivity contribution in [3.8, 4) is 0 Å². The molecule has 0 unspecified atom stereocenters. The summed E-state index contributed by atoms with van der Waals surface area (Å²) in [6, 6.07) is 1.87. The maximum absolute atomic E-state index is 11.4. The van der Waals surface area contributed by atoms with E-state index in [0.717, 1.165) is 24.2 Å². The van der Waals surface area contributed by atoms with Gasteiger partial charge >= 0.3 is 0 Å². The molecule has 1 aromatic rings. The number of hydrogen-bond acceptors (Lipinski definition) is 3. The normalized spacial score (nSPS) is 10.0. The minimum absolute atomic E-state index is 0.0282. The Morgan fingerprint density at radius 2 is 2.33 bits per heavy atom. The molecule has 1 rings (SSSR count). The van der Waals surface area contributed by atoms with Crippen LogP contribution in [0.4, 0.5) is 5.69 Å². The summed E-state index contributed by atoms with van der Waals surface area (Å²) in [6.45, 7) is 5.22. The van der Waals surface area contributed by atoms with Gasteiger partial charge in [-0.05, 0) is 31.5 Å². The van der Waals surface area contributed by atoms with E-state index in [1.807, 2.05) is 13.0 Å². The molecule has 4 heteroatoms. The molecule has 0 aromatic carbocycles. The summed E-state index contributed by atoms with van der Waals surface area (Å²) >= 11 is 0. The predicted octanol–water partition coefficient (Wildman–Crippen LogP) is 1.33. The lowest BCUT2D eigenvalue weighted by Crippen LogP contribution is -2.28. The maximum atomic E-state index is 11.4. The minimum atomic E-state index is -0.0282. The third kappa shape index (κ3) is 4.08. The highest BCUT2D eigenvalue weighted by Crippen LogP contribution is 2.10. The Morgan fingerprint density at radius 1 is 1.53 bits per heavy atom. The van der Waals surface area contributed by atoms with Crippen molar-refractivity contribution in [3.63, 3.8) is 0 Å². The van der Waals surface area contributed by atoms with E-state index in [0.29, 0.717) is 6.54 Å². The van der Waals surface area contributed by atoms with Gasteiger partial charge in [0.15, 0.2) is 0 Å². The summed E-state index contributed by atoms with van der Waals surface area (Å²) in [5.41, 5.74) is 1.80. The molecule has 0 spiro atoms. The number of hydrogen-bond donors (Lipinski definition) is 2. The van der Waals surface area contributed by atoms with Crippen LogP contribution >= 0.6 is 0 Å². The molecule has 0 saturated carbocycles. The second-order valence-electron chi connectivity index (χ2n) is 3.42. The fourth-order valence-corrected chi connectivity index (χ4v) is 1.17. The highest BCUT2D eigenvalue weighted by Gasteiger charge is 2.03. The molecule has 0 radical (unpaired) electrons. The quantitative estimate of drug-likeness (QED) is 0.716. The monoisotopic (exact) mass is 207 g/mol. The molecule has 2 N–H and O–H groups in total. The lowest BCUT2D eigenvalue weighted by Gasteiger charge is -2.07. The van der Waals surface area contributed by atoms with Crippen LogP contribution in [0.3, 0.4) is 0 Å². The van der Waals surface area contributed by atoms with Gasteiger partial charge in [0, 0.05) is 6.20 Å². The zero-order valence-electron chi connectivity index (χ0n) is 9.21. The molecular weight excluding hydrogens is 190 g/mol. The number of carbonyl (C=O) groups is 1. The molecule has 1 heterocycles. The van der Waals surface area contributed by atoms with Gasteiger partial charge in [-0.1, -0.05) is 6.92 Å². The van der Waals surface area contributed by atoms with E-state index >= 15 is 0 Å². The predicted molar refractivity (Wildman–Crippen MR) is 60.8 cm³/mol. The summed E-state index contributed by atoms with van der Waals surface area (Å²) in [5, 5.41) is 5.85. The molecular formula is C11H17N3O. The summed E-state index contributed by atoms with van der Waals surface area (Å²) in [4.78, 5) is 15.4. The Labute approximate surface area is 90.1 Å². The molecule has 0 aliphatic heterocycles. The summed E-state index contributed by atoms with van der Waals surface area (Å²) < 4.78 is 0. The van der Waals surface area contributed by atoms with E-state index in [9.17, 15) is 4.79 Å². The molecule has 1 aromatic heterocycles. The van der Waals surface area contributed by atoms with Crippen LogP contribution in [0.1, 0.15) is 18.9 Å². The number of nitrogens with zero attached hydrogens (tertiary/aromatic N) is 1. The van der Waals surface area contributed by atoms with Gasteiger partial charge in [0.1, 0.15) is 0 Å². The van der Waals surface area contributed by atoms with Gasteiger partial charge in [-0.2, -0.15) is 0 Å². The van der Waals surface area contributed by atoms with Crippen molar-refractivity contribution < 1.29 is 4.79 Å². The summed E-state index contributed by atoms with van der Waals surface area (Å²) in [6.07, 6.45) is 4.40. The van der Waals surface area contributed by atoms with Crippen molar-refractivity contribution >= 4 is 11.6 Å². The van der Waals surface area contributed by atoms with Gasteiger partial charge in [-0.15, -0.1) is 0 Å². The third-order valence-corrected chi connectivity index (χ3v) is 2.03. The Hall–Kier alpha value is -1.42. The third-order valence-electron chi connectivity index (χ3n) is 2.03. The van der Waals surface area contributed by atoms with E-state index in [1.165, 1.54) is 0 Å². The van der Waals surface area contributed by atoms with Gasteiger partial charge in [0.25, 0.3) is 0 Å². The van der Waals surface area contributed by atoms with Crippen molar-refractivity contribution in [2.45, 2.75) is 20.3 Å². The van der Waals surface area contributed by atoms with Gasteiger partial charge in [0.2, 0.25) is 5.91 Å². The SMILES string of the molecule is CCCNCC(=O)Nc1cnccc1C. The molecule has 0 aliphatic carbocycles. The number of amides is 1. The Balaban J connectivity index is 2.41. The van der Waals surface area contributed by atoms with E-state index in [2.05, 4.69) is 22.5 Å². The van der Waals surface area contributed by atoms with Crippen molar-refractivity contribution in [2.24, 2.45) is 0 Å². The number of aromatic nitrogens is 1. The molecule has 15 heavy (non-hydrogen) atoms. The zero-order chi connectivity index (χ0) is 11.1. The first kappa shape index (κ1) is 11.7. The molecule has 0 atom stereocenters. The molecule has 0 bridgehead atoms. The van der Waals surface area contributed by atoms with Crippen LogP contribution in [0.5, 0.6) is 0 Å². The second kappa shape index (κ2) is 6.14. The van der Waals surface area contributed by atoms with Gasteiger partial charge in [0.05, 0.1) is 18.4 Å². The van der Waals surface area contributed by atoms with Crippen molar-refractivity contribution in [3.05, 3.63) is 24.0 Å². The average Bonchev–Trinajstić information content (AvgIpc) is 2.22. The Morgan fingerprint density at radius 3 is 3.00 bits per heavy atom. The van der Waals surface area contributed by atoms with Gasteiger partial charge in [-0.3, -0.25) is 9.78 Å². The minimum Gasteiger partial charge on any atom is -0.323 e. The number of nitrogens with one attached hydrogen (secondary N) is 2. The summed E-state index contributed by atoms with van der Waals surface area (Å²) in [7, 11) is 0. The molecule has 82 valence electrons. The van der Waals surface area contributed by atoms with Crippen molar-refractivity contribution in [1.82, 2.24) is 10.3 Å². The van der Waals surface area contributed by atoms with Crippen LogP contribution in [0, 0.1) is 6.92 Å². The Bertz CT molecular complexity index is 325. The number of aryl methyl sites for hydroxylation is 1. The smallest absolute Gasteiger partial charge is 0.238 e. The highest BCUT2D eigenvalue weighted by molar-refractivity contribution is 5.92. The largest absolute Gasteiger partial charge is 0.323 e. The van der Waals surface area contributed by atoms with E-state index < -0.39 is 0 Å². The van der Waals surface area contributed by atoms with Gasteiger partial charge in [-0.25, -0.2) is 0 Å². The van der Waals surface area contributed by atoms with Crippen LogP contribution in [-0.2, 0) is 4.79 Å². The first-order valence-electron chi connectivity index (χ1n) is 5.15. The first-order chi connectivity index (χ1) is 7.24. The lowest BCUT2D eigenvalue weighted by molar-refractivity contribution is -0.115. The van der Waals surface area contributed by atoms with Crippen LogP contribution in [0.2, 0.25) is 0 Å².